The lowest BCUT2D eigenvalue weighted by atomic mass is 10.1. The monoisotopic (exact) mass is 240 g/mol. The van der Waals surface area contributed by atoms with Crippen LogP contribution in [0.2, 0.25) is 0 Å². The molecule has 0 aliphatic heterocycles. The molecule has 0 aliphatic rings. The maximum Gasteiger partial charge on any atom is 0.310 e. The molecular formula is C13H17FO3. The fraction of sp³-hybridized carbons (Fsp3) is 0.462. The summed E-state index contributed by atoms with van der Waals surface area (Å²) in [6.07, 6.45) is -1.31. The number of aryl methyl sites for hydroxylation is 1. The van der Waals surface area contributed by atoms with E-state index < -0.39 is 6.36 Å². The number of halogens is 1. The van der Waals surface area contributed by atoms with E-state index in [1.807, 2.05) is 13.0 Å². The van der Waals surface area contributed by atoms with Gasteiger partial charge in [-0.1, -0.05) is 12.1 Å². The van der Waals surface area contributed by atoms with E-state index >= 15 is 0 Å². The largest absolute Gasteiger partial charge is 0.466 e. The minimum Gasteiger partial charge on any atom is -0.466 e. The molecule has 0 aliphatic carbocycles. The van der Waals surface area contributed by atoms with Crippen molar-refractivity contribution < 1.29 is 18.7 Å². The predicted octanol–water partition coefficient (Wildman–Crippen LogP) is 2.79. The molecule has 0 amide bonds. The van der Waals surface area contributed by atoms with Crippen LogP contribution in [0.5, 0.6) is 5.75 Å². The summed E-state index contributed by atoms with van der Waals surface area (Å²) >= 11 is 0. The van der Waals surface area contributed by atoms with Gasteiger partial charge in [0.1, 0.15) is 5.75 Å². The van der Waals surface area contributed by atoms with Gasteiger partial charge in [0.25, 0.3) is 0 Å². The molecule has 1 unspecified atom stereocenters. The van der Waals surface area contributed by atoms with Crippen LogP contribution in [0.1, 0.15) is 25.0 Å². The summed E-state index contributed by atoms with van der Waals surface area (Å²) in [5, 5.41) is 0. The first-order valence-electron chi connectivity index (χ1n) is 5.58. The molecule has 0 saturated heterocycles. The van der Waals surface area contributed by atoms with Crippen molar-refractivity contribution in [1.82, 2.24) is 0 Å². The number of hydrogen-bond acceptors (Lipinski definition) is 3. The molecule has 1 aromatic rings. The Morgan fingerprint density at radius 3 is 2.76 bits per heavy atom. The maximum absolute atomic E-state index is 12.8. The van der Waals surface area contributed by atoms with Gasteiger partial charge in [0.2, 0.25) is 6.36 Å². The summed E-state index contributed by atoms with van der Waals surface area (Å²) in [5.74, 6) is 0.0563. The van der Waals surface area contributed by atoms with Gasteiger partial charge < -0.3 is 9.47 Å². The van der Waals surface area contributed by atoms with Gasteiger partial charge in [-0.25, -0.2) is 4.39 Å². The van der Waals surface area contributed by atoms with Gasteiger partial charge in [-0.15, -0.1) is 0 Å². The molecule has 4 heteroatoms. The van der Waals surface area contributed by atoms with Crippen LogP contribution in [0.3, 0.4) is 0 Å². The van der Waals surface area contributed by atoms with Crippen LogP contribution in [0.15, 0.2) is 18.2 Å². The Morgan fingerprint density at radius 1 is 1.47 bits per heavy atom. The summed E-state index contributed by atoms with van der Waals surface area (Å²) in [6, 6.07) is 5.32. The third-order valence-electron chi connectivity index (χ3n) is 2.15. The lowest BCUT2D eigenvalue weighted by molar-refractivity contribution is -0.142. The quantitative estimate of drug-likeness (QED) is 0.742. The van der Waals surface area contributed by atoms with Crippen molar-refractivity contribution in [2.75, 3.05) is 6.61 Å². The summed E-state index contributed by atoms with van der Waals surface area (Å²) in [6.45, 7) is 5.26. The number of carbonyl (C=O) groups is 1. The highest BCUT2D eigenvalue weighted by atomic mass is 19.1. The number of rotatable bonds is 5. The highest BCUT2D eigenvalue weighted by Crippen LogP contribution is 2.22. The highest BCUT2D eigenvalue weighted by molar-refractivity contribution is 5.73. The number of benzene rings is 1. The van der Waals surface area contributed by atoms with Crippen molar-refractivity contribution in [1.29, 1.82) is 0 Å². The van der Waals surface area contributed by atoms with Gasteiger partial charge in [0.15, 0.2) is 0 Å². The van der Waals surface area contributed by atoms with Crippen LogP contribution in [0.25, 0.3) is 0 Å². The van der Waals surface area contributed by atoms with E-state index in [4.69, 9.17) is 9.47 Å². The minimum atomic E-state index is -1.40. The zero-order valence-corrected chi connectivity index (χ0v) is 10.3. The molecule has 17 heavy (non-hydrogen) atoms. The van der Waals surface area contributed by atoms with Crippen molar-refractivity contribution in [3.63, 3.8) is 0 Å². The van der Waals surface area contributed by atoms with E-state index in [0.717, 1.165) is 5.56 Å². The van der Waals surface area contributed by atoms with E-state index in [2.05, 4.69) is 0 Å². The Morgan fingerprint density at radius 2 is 2.18 bits per heavy atom. The van der Waals surface area contributed by atoms with Gasteiger partial charge in [-0.3, -0.25) is 4.79 Å². The first-order chi connectivity index (χ1) is 8.02. The van der Waals surface area contributed by atoms with E-state index in [1.54, 1.807) is 19.1 Å². The van der Waals surface area contributed by atoms with Gasteiger partial charge >= 0.3 is 5.97 Å². The Hall–Kier alpha value is -1.58. The van der Waals surface area contributed by atoms with Crippen molar-refractivity contribution in [3.8, 4) is 5.75 Å². The van der Waals surface area contributed by atoms with Crippen LogP contribution in [0, 0.1) is 6.92 Å². The first kappa shape index (κ1) is 13.5. The second kappa shape index (κ2) is 6.23. The molecule has 0 radical (unpaired) electrons. The Kier molecular flexibility index (Phi) is 4.94. The molecule has 0 fully saturated rings. The first-order valence-corrected chi connectivity index (χ1v) is 5.58. The molecule has 1 aromatic carbocycles. The summed E-state index contributed by atoms with van der Waals surface area (Å²) in [7, 11) is 0. The number of alkyl halides is 1. The zero-order valence-electron chi connectivity index (χ0n) is 10.3. The number of esters is 1. The van der Waals surface area contributed by atoms with Gasteiger partial charge in [0, 0.05) is 12.5 Å². The molecule has 3 nitrogen and oxygen atoms in total. The van der Waals surface area contributed by atoms with Crippen LogP contribution < -0.4 is 4.74 Å². The highest BCUT2D eigenvalue weighted by Gasteiger charge is 2.12. The van der Waals surface area contributed by atoms with Crippen LogP contribution in [0.4, 0.5) is 4.39 Å². The van der Waals surface area contributed by atoms with E-state index in [9.17, 15) is 9.18 Å². The molecule has 0 N–H and O–H groups in total. The van der Waals surface area contributed by atoms with E-state index in [1.165, 1.54) is 6.92 Å². The molecule has 0 bridgehead atoms. The maximum atomic E-state index is 12.8. The molecule has 0 saturated carbocycles. The summed E-state index contributed by atoms with van der Waals surface area (Å²) < 4.78 is 22.7. The average molecular weight is 240 g/mol. The van der Waals surface area contributed by atoms with Crippen LogP contribution in [-0.4, -0.2) is 18.9 Å². The van der Waals surface area contributed by atoms with Crippen molar-refractivity contribution >= 4 is 5.97 Å². The lowest BCUT2D eigenvalue weighted by Gasteiger charge is -2.12. The minimum absolute atomic E-state index is 0.0934. The standard InChI is InChI=1S/C13H17FO3/c1-4-16-13(15)8-11-6-5-9(2)7-12(11)17-10(3)14/h5-7,10H,4,8H2,1-3H3. The molecule has 0 heterocycles. The van der Waals surface area contributed by atoms with Crippen molar-refractivity contribution in [2.24, 2.45) is 0 Å². The van der Waals surface area contributed by atoms with E-state index in [0.29, 0.717) is 17.9 Å². The predicted molar refractivity (Wildman–Crippen MR) is 62.7 cm³/mol. The lowest BCUT2D eigenvalue weighted by Crippen LogP contribution is -2.11. The molecular weight excluding hydrogens is 223 g/mol. The Labute approximate surface area is 101 Å². The van der Waals surface area contributed by atoms with Crippen LogP contribution in [-0.2, 0) is 16.0 Å². The molecule has 1 atom stereocenters. The number of ether oxygens (including phenoxy) is 2. The second-order valence-corrected chi connectivity index (χ2v) is 3.75. The topological polar surface area (TPSA) is 35.5 Å². The average Bonchev–Trinajstić information content (AvgIpc) is 2.21. The Bertz CT molecular complexity index is 388. The van der Waals surface area contributed by atoms with Gasteiger partial charge in [-0.2, -0.15) is 0 Å². The fourth-order valence-electron chi connectivity index (χ4n) is 1.46. The van der Waals surface area contributed by atoms with Crippen molar-refractivity contribution in [2.45, 2.75) is 33.5 Å². The van der Waals surface area contributed by atoms with E-state index in [-0.39, 0.29) is 12.4 Å². The van der Waals surface area contributed by atoms with Gasteiger partial charge in [0.05, 0.1) is 13.0 Å². The summed E-state index contributed by atoms with van der Waals surface area (Å²) in [5.41, 5.74) is 1.59. The number of carbonyl (C=O) groups excluding carboxylic acids is 1. The molecule has 94 valence electrons. The smallest absolute Gasteiger partial charge is 0.310 e. The number of hydrogen-bond donors (Lipinski definition) is 0. The van der Waals surface area contributed by atoms with Crippen LogP contribution >= 0.6 is 0 Å². The van der Waals surface area contributed by atoms with Gasteiger partial charge in [-0.05, 0) is 25.5 Å². The second-order valence-electron chi connectivity index (χ2n) is 3.75. The third-order valence-corrected chi connectivity index (χ3v) is 2.15. The molecule has 0 spiro atoms. The molecule has 0 aromatic heterocycles. The summed E-state index contributed by atoms with van der Waals surface area (Å²) in [4.78, 5) is 11.4. The fourth-order valence-corrected chi connectivity index (χ4v) is 1.46. The third kappa shape index (κ3) is 4.43. The SMILES string of the molecule is CCOC(=O)Cc1ccc(C)cc1OC(C)F. The zero-order chi connectivity index (χ0) is 12.8. The van der Waals surface area contributed by atoms with Crippen molar-refractivity contribution in [3.05, 3.63) is 29.3 Å². The molecule has 1 rings (SSSR count). The normalized spacial score (nSPS) is 12.0. The Balaban J connectivity index is 2.86.